The van der Waals surface area contributed by atoms with E-state index in [1.54, 1.807) is 18.0 Å². The molecule has 3 nitrogen and oxygen atoms in total. The summed E-state index contributed by atoms with van der Waals surface area (Å²) in [5, 5.41) is 0. The van der Waals surface area contributed by atoms with Crippen molar-refractivity contribution in [3.8, 4) is 0 Å². The molecule has 0 fully saturated rings. The minimum Gasteiger partial charge on any atom is -0.398 e. The second kappa shape index (κ2) is 5.60. The fourth-order valence-corrected chi connectivity index (χ4v) is 2.57. The third-order valence-corrected chi connectivity index (χ3v) is 3.86. The molecule has 0 aliphatic carbocycles. The molecule has 0 saturated carbocycles. The summed E-state index contributed by atoms with van der Waals surface area (Å²) in [6, 6.07) is 9.80. The van der Waals surface area contributed by atoms with Gasteiger partial charge in [-0.3, -0.25) is 4.79 Å². The number of hydrogen-bond donors (Lipinski definition) is 1. The Hall–Kier alpha value is -2.29. The molecule has 0 aromatic heterocycles. The molecule has 2 N–H and O–H groups in total. The summed E-state index contributed by atoms with van der Waals surface area (Å²) in [5.74, 6) is -0.0360. The molecular weight excluding hydrogens is 260 g/mol. The fraction of sp³-hybridized carbons (Fsp3) is 0.278. The number of amides is 1. The van der Waals surface area contributed by atoms with Crippen molar-refractivity contribution in [2.45, 2.75) is 27.7 Å². The highest BCUT2D eigenvalue weighted by atomic mass is 16.2. The van der Waals surface area contributed by atoms with Crippen molar-refractivity contribution >= 4 is 17.3 Å². The summed E-state index contributed by atoms with van der Waals surface area (Å²) >= 11 is 0. The Labute approximate surface area is 126 Å². The van der Waals surface area contributed by atoms with Crippen molar-refractivity contribution in [3.63, 3.8) is 0 Å². The molecule has 21 heavy (non-hydrogen) atoms. The maximum Gasteiger partial charge on any atom is 0.258 e. The molecule has 3 heteroatoms. The Balaban J connectivity index is 2.42. The Bertz CT molecular complexity index is 705. The molecule has 0 unspecified atom stereocenters. The summed E-state index contributed by atoms with van der Waals surface area (Å²) in [4.78, 5) is 14.4. The van der Waals surface area contributed by atoms with Crippen molar-refractivity contribution in [2.75, 3.05) is 17.7 Å². The first kappa shape index (κ1) is 15.1. The average Bonchev–Trinajstić information content (AvgIpc) is 2.41. The molecule has 1 amide bonds. The highest BCUT2D eigenvalue weighted by Crippen LogP contribution is 2.24. The average molecular weight is 282 g/mol. The van der Waals surface area contributed by atoms with Gasteiger partial charge in [0.05, 0.1) is 0 Å². The number of carbonyl (C=O) groups is 1. The summed E-state index contributed by atoms with van der Waals surface area (Å²) in [6.45, 7) is 7.95. The second-order valence-corrected chi connectivity index (χ2v) is 5.68. The van der Waals surface area contributed by atoms with E-state index in [1.807, 2.05) is 45.9 Å². The summed E-state index contributed by atoms with van der Waals surface area (Å²) in [7, 11) is 1.80. The lowest BCUT2D eigenvalue weighted by Crippen LogP contribution is -2.27. The van der Waals surface area contributed by atoms with E-state index in [0.717, 1.165) is 22.4 Å². The molecule has 0 bridgehead atoms. The highest BCUT2D eigenvalue weighted by Gasteiger charge is 2.18. The number of anilines is 2. The first-order valence-electron chi connectivity index (χ1n) is 7.03. The summed E-state index contributed by atoms with van der Waals surface area (Å²) < 4.78 is 0. The quantitative estimate of drug-likeness (QED) is 0.852. The normalized spacial score (nSPS) is 10.5. The van der Waals surface area contributed by atoms with Gasteiger partial charge in [-0.1, -0.05) is 23.8 Å². The first-order valence-corrected chi connectivity index (χ1v) is 7.03. The van der Waals surface area contributed by atoms with E-state index < -0.39 is 0 Å². The number of benzene rings is 2. The van der Waals surface area contributed by atoms with Crippen LogP contribution in [-0.2, 0) is 0 Å². The predicted molar refractivity (Wildman–Crippen MR) is 89.0 cm³/mol. The van der Waals surface area contributed by atoms with E-state index in [0.29, 0.717) is 11.3 Å². The van der Waals surface area contributed by atoms with Crippen molar-refractivity contribution in [1.29, 1.82) is 0 Å². The lowest BCUT2D eigenvalue weighted by molar-refractivity contribution is 0.0992. The second-order valence-electron chi connectivity index (χ2n) is 5.68. The summed E-state index contributed by atoms with van der Waals surface area (Å²) in [6.07, 6.45) is 0. The number of nitrogen functional groups attached to an aromatic ring is 1. The van der Waals surface area contributed by atoms with E-state index in [1.165, 1.54) is 5.56 Å². The summed E-state index contributed by atoms with van der Waals surface area (Å²) in [5.41, 5.74) is 12.4. The van der Waals surface area contributed by atoms with E-state index in [2.05, 4.69) is 6.07 Å². The van der Waals surface area contributed by atoms with Gasteiger partial charge in [0.25, 0.3) is 5.91 Å². The SMILES string of the molecule is Cc1ccc(N(C)C(=O)c2cc(N)c(C)cc2C)c(C)c1. The van der Waals surface area contributed by atoms with Crippen LogP contribution < -0.4 is 10.6 Å². The van der Waals surface area contributed by atoms with Gasteiger partial charge in [-0.25, -0.2) is 0 Å². The van der Waals surface area contributed by atoms with Gasteiger partial charge in [0.2, 0.25) is 0 Å². The molecule has 2 aromatic rings. The third-order valence-electron chi connectivity index (χ3n) is 3.86. The minimum absolute atomic E-state index is 0.0360. The zero-order valence-corrected chi connectivity index (χ0v) is 13.3. The van der Waals surface area contributed by atoms with Crippen LogP contribution in [0.25, 0.3) is 0 Å². The molecule has 0 radical (unpaired) electrons. The standard InChI is InChI=1S/C18H22N2O/c1-11-6-7-17(14(4)8-11)20(5)18(21)15-10-16(19)13(3)9-12(15)2/h6-10H,19H2,1-5H3. The highest BCUT2D eigenvalue weighted by molar-refractivity contribution is 6.07. The van der Waals surface area contributed by atoms with Crippen molar-refractivity contribution in [3.05, 3.63) is 58.1 Å². The first-order chi connectivity index (χ1) is 9.81. The van der Waals surface area contributed by atoms with Gasteiger partial charge >= 0.3 is 0 Å². The van der Waals surface area contributed by atoms with Crippen LogP contribution in [0.4, 0.5) is 11.4 Å². The zero-order valence-electron chi connectivity index (χ0n) is 13.3. The van der Waals surface area contributed by atoms with Gasteiger partial charge in [-0.15, -0.1) is 0 Å². The third kappa shape index (κ3) is 2.92. The molecule has 2 aromatic carbocycles. The predicted octanol–water partition coefficient (Wildman–Crippen LogP) is 3.78. The Morgan fingerprint density at radius 1 is 0.952 bits per heavy atom. The minimum atomic E-state index is -0.0360. The molecule has 0 heterocycles. The lowest BCUT2D eigenvalue weighted by Gasteiger charge is -2.21. The Kier molecular flexibility index (Phi) is 4.03. The van der Waals surface area contributed by atoms with Crippen LogP contribution in [0.15, 0.2) is 30.3 Å². The molecule has 0 aliphatic heterocycles. The van der Waals surface area contributed by atoms with Crippen molar-refractivity contribution < 1.29 is 4.79 Å². The molecule has 0 saturated heterocycles. The Morgan fingerprint density at radius 2 is 1.62 bits per heavy atom. The lowest BCUT2D eigenvalue weighted by atomic mass is 10.0. The van der Waals surface area contributed by atoms with Gasteiger partial charge in [-0.2, -0.15) is 0 Å². The van der Waals surface area contributed by atoms with Crippen LogP contribution in [0.3, 0.4) is 0 Å². The van der Waals surface area contributed by atoms with Crippen molar-refractivity contribution in [1.82, 2.24) is 0 Å². The number of aryl methyl sites for hydroxylation is 4. The van der Waals surface area contributed by atoms with Crippen LogP contribution >= 0.6 is 0 Å². The maximum absolute atomic E-state index is 12.7. The van der Waals surface area contributed by atoms with Gasteiger partial charge in [0.1, 0.15) is 0 Å². The largest absolute Gasteiger partial charge is 0.398 e. The molecule has 0 aliphatic rings. The van der Waals surface area contributed by atoms with Crippen LogP contribution in [0, 0.1) is 27.7 Å². The van der Waals surface area contributed by atoms with E-state index in [4.69, 9.17) is 5.73 Å². The monoisotopic (exact) mass is 282 g/mol. The van der Waals surface area contributed by atoms with E-state index in [9.17, 15) is 4.79 Å². The number of nitrogens with zero attached hydrogens (tertiary/aromatic N) is 1. The van der Waals surface area contributed by atoms with Crippen LogP contribution in [0.5, 0.6) is 0 Å². The number of rotatable bonds is 2. The Morgan fingerprint density at radius 3 is 2.24 bits per heavy atom. The van der Waals surface area contributed by atoms with Gasteiger partial charge < -0.3 is 10.6 Å². The maximum atomic E-state index is 12.7. The molecular formula is C18H22N2O. The fourth-order valence-electron chi connectivity index (χ4n) is 2.57. The van der Waals surface area contributed by atoms with Crippen LogP contribution in [0.2, 0.25) is 0 Å². The number of carbonyl (C=O) groups excluding carboxylic acids is 1. The molecule has 0 atom stereocenters. The van der Waals surface area contributed by atoms with E-state index in [-0.39, 0.29) is 5.91 Å². The molecule has 0 spiro atoms. The van der Waals surface area contributed by atoms with Crippen LogP contribution in [0.1, 0.15) is 32.6 Å². The molecule has 2 rings (SSSR count). The zero-order chi connectivity index (χ0) is 15.7. The van der Waals surface area contributed by atoms with Crippen LogP contribution in [-0.4, -0.2) is 13.0 Å². The van der Waals surface area contributed by atoms with E-state index >= 15 is 0 Å². The van der Waals surface area contributed by atoms with Gasteiger partial charge in [0, 0.05) is 24.0 Å². The van der Waals surface area contributed by atoms with Gasteiger partial charge in [0.15, 0.2) is 0 Å². The van der Waals surface area contributed by atoms with Gasteiger partial charge in [-0.05, 0) is 56.5 Å². The molecule has 110 valence electrons. The topological polar surface area (TPSA) is 46.3 Å². The number of nitrogens with two attached hydrogens (primary N) is 1. The number of hydrogen-bond acceptors (Lipinski definition) is 2. The smallest absolute Gasteiger partial charge is 0.258 e. The van der Waals surface area contributed by atoms with Crippen molar-refractivity contribution in [2.24, 2.45) is 0 Å².